The molecule has 9 heteroatoms. The number of fused-ring (bicyclic) bond motifs is 1. The van der Waals surface area contributed by atoms with Crippen LogP contribution in [-0.4, -0.2) is 54.9 Å². The number of benzene rings is 2. The van der Waals surface area contributed by atoms with E-state index in [4.69, 9.17) is 4.74 Å². The number of hydrogen-bond acceptors (Lipinski definition) is 7. The largest absolute Gasteiger partial charge is 0.462 e. The highest BCUT2D eigenvalue weighted by Gasteiger charge is 2.29. The smallest absolute Gasteiger partial charge is 0.341 e. The van der Waals surface area contributed by atoms with Crippen molar-refractivity contribution in [2.24, 2.45) is 5.92 Å². The second-order valence-electron chi connectivity index (χ2n) is 7.75. The van der Waals surface area contributed by atoms with E-state index in [1.165, 1.54) is 12.4 Å². The van der Waals surface area contributed by atoms with Gasteiger partial charge in [0.15, 0.2) is 0 Å². The molecule has 1 N–H and O–H groups in total. The van der Waals surface area contributed by atoms with E-state index in [2.05, 4.69) is 15.3 Å². The summed E-state index contributed by atoms with van der Waals surface area (Å²) in [6.07, 6.45) is 4.37. The van der Waals surface area contributed by atoms with Crippen molar-refractivity contribution in [3.05, 3.63) is 60.4 Å². The molecule has 0 unspecified atom stereocenters. The third-order valence-electron chi connectivity index (χ3n) is 5.64. The number of ether oxygens (including phenoxy) is 1. The molecule has 2 aromatic carbocycles. The molecule has 0 spiro atoms. The maximum atomic E-state index is 13.1. The van der Waals surface area contributed by atoms with Gasteiger partial charge in [0.25, 0.3) is 0 Å². The van der Waals surface area contributed by atoms with Crippen LogP contribution in [0.2, 0.25) is 0 Å². The maximum Gasteiger partial charge on any atom is 0.341 e. The zero-order valence-electron chi connectivity index (χ0n) is 17.9. The molecule has 8 nitrogen and oxygen atoms in total. The number of nitrogens with one attached hydrogen (secondary N) is 1. The van der Waals surface area contributed by atoms with Gasteiger partial charge in [-0.1, -0.05) is 30.3 Å². The zero-order valence-corrected chi connectivity index (χ0v) is 18.7. The number of rotatable bonds is 7. The number of carbonyl (C=O) groups excluding carboxylic acids is 1. The Hall–Kier alpha value is -3.04. The summed E-state index contributed by atoms with van der Waals surface area (Å²) in [6, 6.07) is 13.0. The Morgan fingerprint density at radius 2 is 1.78 bits per heavy atom. The molecule has 0 aliphatic carbocycles. The fourth-order valence-corrected chi connectivity index (χ4v) is 5.31. The Morgan fingerprint density at radius 1 is 1.09 bits per heavy atom. The van der Waals surface area contributed by atoms with Crippen molar-refractivity contribution in [2.75, 3.05) is 31.6 Å². The fraction of sp³-hybridized carbons (Fsp3) is 0.348. The molecule has 1 aliphatic heterocycles. The third-order valence-corrected chi connectivity index (χ3v) is 7.54. The number of sulfonamides is 1. The van der Waals surface area contributed by atoms with Gasteiger partial charge < -0.3 is 10.1 Å². The molecule has 1 fully saturated rings. The first kappa shape index (κ1) is 22.2. The number of nitrogens with zero attached hydrogens (tertiary/aromatic N) is 3. The molecule has 0 saturated carbocycles. The van der Waals surface area contributed by atoms with Gasteiger partial charge in [-0.05, 0) is 48.6 Å². The standard InChI is InChI=1S/C23H26N4O4S/c1-2-31-22(28)20-15-25-23(26-16-20)24-14-17-9-11-27(12-10-17)32(29,30)21-8-7-18-5-3-4-6-19(18)13-21/h3-8,13,15-17H,2,9-12,14H2,1H3,(H,24,25,26). The first-order chi connectivity index (χ1) is 15.5. The quantitative estimate of drug-likeness (QED) is 0.547. The van der Waals surface area contributed by atoms with Gasteiger partial charge in [0.1, 0.15) is 0 Å². The SMILES string of the molecule is CCOC(=O)c1cnc(NCC2CCN(S(=O)(=O)c3ccc4ccccc4c3)CC2)nc1. The highest BCUT2D eigenvalue weighted by atomic mass is 32.2. The van der Waals surface area contributed by atoms with E-state index < -0.39 is 16.0 Å². The minimum absolute atomic E-state index is 0.300. The third kappa shape index (κ3) is 4.89. The van der Waals surface area contributed by atoms with Crippen molar-refractivity contribution in [3.63, 3.8) is 0 Å². The van der Waals surface area contributed by atoms with Crippen LogP contribution in [0.4, 0.5) is 5.95 Å². The van der Waals surface area contributed by atoms with Crippen LogP contribution in [0.5, 0.6) is 0 Å². The lowest BCUT2D eigenvalue weighted by Gasteiger charge is -2.31. The Morgan fingerprint density at radius 3 is 2.47 bits per heavy atom. The van der Waals surface area contributed by atoms with Crippen molar-refractivity contribution < 1.29 is 17.9 Å². The number of carbonyl (C=O) groups is 1. The molecule has 3 aromatic rings. The topological polar surface area (TPSA) is 101 Å². The van der Waals surface area contributed by atoms with Crippen molar-refractivity contribution >= 4 is 32.7 Å². The normalized spacial score (nSPS) is 15.5. The van der Waals surface area contributed by atoms with Crippen molar-refractivity contribution in [1.29, 1.82) is 0 Å². The van der Waals surface area contributed by atoms with Gasteiger partial charge >= 0.3 is 5.97 Å². The molecule has 32 heavy (non-hydrogen) atoms. The highest BCUT2D eigenvalue weighted by Crippen LogP contribution is 2.26. The molecule has 1 saturated heterocycles. The highest BCUT2D eigenvalue weighted by molar-refractivity contribution is 7.89. The Bertz CT molecular complexity index is 1190. The van der Waals surface area contributed by atoms with E-state index in [1.54, 1.807) is 23.4 Å². The number of piperidine rings is 1. The second-order valence-corrected chi connectivity index (χ2v) is 9.69. The van der Waals surface area contributed by atoms with Crippen molar-refractivity contribution in [1.82, 2.24) is 14.3 Å². The lowest BCUT2D eigenvalue weighted by atomic mass is 9.98. The van der Waals surface area contributed by atoms with Crippen LogP contribution in [0.1, 0.15) is 30.1 Å². The predicted molar refractivity (Wildman–Crippen MR) is 122 cm³/mol. The predicted octanol–water partition coefficient (Wildman–Crippen LogP) is 3.32. The zero-order chi connectivity index (χ0) is 22.6. The lowest BCUT2D eigenvalue weighted by molar-refractivity contribution is 0.0525. The van der Waals surface area contributed by atoms with Crippen LogP contribution >= 0.6 is 0 Å². The average molecular weight is 455 g/mol. The molecule has 1 aromatic heterocycles. The van der Waals surface area contributed by atoms with Crippen molar-refractivity contribution in [2.45, 2.75) is 24.7 Å². The molecule has 2 heterocycles. The molecule has 168 valence electrons. The van der Waals surface area contributed by atoms with Crippen LogP contribution in [-0.2, 0) is 14.8 Å². The number of hydrogen-bond donors (Lipinski definition) is 1. The van der Waals surface area contributed by atoms with E-state index in [0.29, 0.717) is 48.6 Å². The average Bonchev–Trinajstić information content (AvgIpc) is 2.83. The number of anilines is 1. The minimum Gasteiger partial charge on any atom is -0.462 e. The van der Waals surface area contributed by atoms with Gasteiger partial charge in [-0.2, -0.15) is 4.31 Å². The summed E-state index contributed by atoms with van der Waals surface area (Å²) in [5, 5.41) is 5.12. The van der Waals surface area contributed by atoms with Crippen LogP contribution < -0.4 is 5.32 Å². The fourth-order valence-electron chi connectivity index (χ4n) is 3.81. The molecular formula is C23H26N4O4S. The molecule has 0 bridgehead atoms. The van der Waals surface area contributed by atoms with Crippen LogP contribution in [0.3, 0.4) is 0 Å². The number of aromatic nitrogens is 2. The van der Waals surface area contributed by atoms with Gasteiger partial charge in [-0.15, -0.1) is 0 Å². The summed E-state index contributed by atoms with van der Waals surface area (Å²) in [4.78, 5) is 20.3. The van der Waals surface area contributed by atoms with Crippen molar-refractivity contribution in [3.8, 4) is 0 Å². The van der Waals surface area contributed by atoms with E-state index >= 15 is 0 Å². The molecular weight excluding hydrogens is 428 g/mol. The first-order valence-corrected chi connectivity index (χ1v) is 12.1. The van der Waals surface area contributed by atoms with Gasteiger partial charge in [0, 0.05) is 32.0 Å². The van der Waals surface area contributed by atoms with Crippen LogP contribution in [0, 0.1) is 5.92 Å². The number of esters is 1. The molecule has 4 rings (SSSR count). The summed E-state index contributed by atoms with van der Waals surface area (Å²) in [5.41, 5.74) is 0.310. The van der Waals surface area contributed by atoms with E-state index in [1.807, 2.05) is 30.3 Å². The maximum absolute atomic E-state index is 13.1. The molecule has 1 aliphatic rings. The van der Waals surface area contributed by atoms with Gasteiger partial charge in [0.2, 0.25) is 16.0 Å². The lowest BCUT2D eigenvalue weighted by Crippen LogP contribution is -2.39. The van der Waals surface area contributed by atoms with Gasteiger partial charge in [0.05, 0.1) is 17.1 Å². The Balaban J connectivity index is 1.32. The summed E-state index contributed by atoms with van der Waals surface area (Å²) in [7, 11) is -3.52. The second kappa shape index (κ2) is 9.62. The van der Waals surface area contributed by atoms with Gasteiger partial charge in [-0.25, -0.2) is 23.2 Å². The van der Waals surface area contributed by atoms with Crippen LogP contribution in [0.15, 0.2) is 59.8 Å². The van der Waals surface area contributed by atoms with E-state index in [-0.39, 0.29) is 0 Å². The van der Waals surface area contributed by atoms with E-state index in [0.717, 1.165) is 23.6 Å². The van der Waals surface area contributed by atoms with E-state index in [9.17, 15) is 13.2 Å². The molecule has 0 atom stereocenters. The Labute approximate surface area is 187 Å². The summed E-state index contributed by atoms with van der Waals surface area (Å²) < 4.78 is 32.7. The summed E-state index contributed by atoms with van der Waals surface area (Å²) in [5.74, 6) is 0.301. The van der Waals surface area contributed by atoms with Crippen LogP contribution in [0.25, 0.3) is 10.8 Å². The minimum atomic E-state index is -3.52. The summed E-state index contributed by atoms with van der Waals surface area (Å²) in [6.45, 7) is 3.64. The van der Waals surface area contributed by atoms with Gasteiger partial charge in [-0.3, -0.25) is 0 Å². The summed E-state index contributed by atoms with van der Waals surface area (Å²) >= 11 is 0. The monoisotopic (exact) mass is 454 g/mol. The first-order valence-electron chi connectivity index (χ1n) is 10.7. The Kier molecular flexibility index (Phi) is 6.66. The molecule has 0 amide bonds. The molecule has 0 radical (unpaired) electrons.